The van der Waals surface area contributed by atoms with E-state index in [-0.39, 0.29) is 10.8 Å². The molecule has 0 N–H and O–H groups in total. The Morgan fingerprint density at radius 2 is 1.12 bits per heavy atom. The Balaban J connectivity index is 0.981. The number of benzene rings is 8. The summed E-state index contributed by atoms with van der Waals surface area (Å²) in [6.07, 6.45) is 5.31. The average molecular weight is 772 g/mol. The van der Waals surface area contributed by atoms with Gasteiger partial charge in [-0.1, -0.05) is 154 Å². The second kappa shape index (κ2) is 12.4. The van der Waals surface area contributed by atoms with Crippen LogP contribution in [0.2, 0.25) is 0 Å². The third-order valence-corrected chi connectivity index (χ3v) is 15.1. The SMILES string of the molecule is CC1(C)c2ccccc2-c2cccc(-c3ccccc3-c3ccc(N(c4ccc5c(c4)C4(CC6CCC4C6)c4ccccc4-5)c4cccc5oc6ccccc6c45)cc3)c21. The minimum atomic E-state index is -0.105. The zero-order chi connectivity index (χ0) is 39.7. The molecule has 2 heteroatoms. The van der Waals surface area contributed by atoms with Gasteiger partial charge in [0.1, 0.15) is 11.2 Å². The molecule has 2 saturated carbocycles. The molecule has 1 spiro atoms. The van der Waals surface area contributed by atoms with Gasteiger partial charge < -0.3 is 9.32 Å². The molecular weight excluding hydrogens is 727 g/mol. The number of para-hydroxylation sites is 1. The Hall–Kier alpha value is -6.64. The molecular formula is C58H45NO. The second-order valence-corrected chi connectivity index (χ2v) is 18.4. The van der Waals surface area contributed by atoms with Crippen LogP contribution in [0.15, 0.2) is 180 Å². The zero-order valence-corrected chi connectivity index (χ0v) is 34.1. The first-order valence-electron chi connectivity index (χ1n) is 21.9. The molecule has 60 heavy (non-hydrogen) atoms. The number of rotatable bonds is 5. The normalized spacial score (nSPS) is 20.1. The van der Waals surface area contributed by atoms with Gasteiger partial charge in [-0.15, -0.1) is 0 Å². The molecule has 4 aliphatic rings. The molecule has 2 fully saturated rings. The zero-order valence-electron chi connectivity index (χ0n) is 34.1. The van der Waals surface area contributed by atoms with E-state index in [2.05, 4.69) is 195 Å². The van der Waals surface area contributed by atoms with Gasteiger partial charge in [0.2, 0.25) is 0 Å². The maximum atomic E-state index is 6.51. The molecule has 0 aliphatic heterocycles. The first-order valence-corrected chi connectivity index (χ1v) is 21.9. The topological polar surface area (TPSA) is 16.4 Å². The predicted molar refractivity (Wildman–Crippen MR) is 249 cm³/mol. The van der Waals surface area contributed by atoms with Crippen LogP contribution in [-0.2, 0) is 10.8 Å². The van der Waals surface area contributed by atoms with E-state index in [4.69, 9.17) is 4.42 Å². The van der Waals surface area contributed by atoms with Gasteiger partial charge in [-0.05, 0) is 140 Å². The van der Waals surface area contributed by atoms with E-state index in [1.165, 1.54) is 92.6 Å². The van der Waals surface area contributed by atoms with Gasteiger partial charge in [-0.3, -0.25) is 0 Å². The number of anilines is 3. The molecule has 288 valence electrons. The minimum Gasteiger partial charge on any atom is -0.456 e. The first kappa shape index (κ1) is 34.2. The Bertz CT molecular complexity index is 3220. The van der Waals surface area contributed by atoms with Crippen LogP contribution in [0.5, 0.6) is 0 Å². The minimum absolute atomic E-state index is 0.0893. The molecule has 4 aliphatic carbocycles. The lowest BCUT2D eigenvalue weighted by atomic mass is 9.67. The van der Waals surface area contributed by atoms with Gasteiger partial charge in [-0.25, -0.2) is 0 Å². The number of hydrogen-bond acceptors (Lipinski definition) is 2. The van der Waals surface area contributed by atoms with Crippen molar-refractivity contribution in [2.45, 2.75) is 50.4 Å². The Kier molecular flexibility index (Phi) is 7.10. The highest BCUT2D eigenvalue weighted by molar-refractivity contribution is 6.13. The molecule has 9 aromatic rings. The molecule has 2 nitrogen and oxygen atoms in total. The highest BCUT2D eigenvalue weighted by Crippen LogP contribution is 2.66. The Morgan fingerprint density at radius 1 is 0.500 bits per heavy atom. The highest BCUT2D eigenvalue weighted by atomic mass is 16.3. The predicted octanol–water partition coefficient (Wildman–Crippen LogP) is 15.8. The summed E-state index contributed by atoms with van der Waals surface area (Å²) in [6.45, 7) is 4.77. The van der Waals surface area contributed by atoms with E-state index in [1.54, 1.807) is 5.56 Å². The Labute approximate surface area is 351 Å². The summed E-state index contributed by atoms with van der Waals surface area (Å²) in [5, 5.41) is 2.28. The first-order chi connectivity index (χ1) is 29.5. The molecule has 0 saturated heterocycles. The summed E-state index contributed by atoms with van der Waals surface area (Å²) in [4.78, 5) is 2.49. The van der Waals surface area contributed by atoms with E-state index in [9.17, 15) is 0 Å². The van der Waals surface area contributed by atoms with Gasteiger partial charge >= 0.3 is 0 Å². The largest absolute Gasteiger partial charge is 0.456 e. The van der Waals surface area contributed by atoms with Crippen LogP contribution in [0.1, 0.15) is 61.8 Å². The maximum absolute atomic E-state index is 6.51. The number of furan rings is 1. The number of nitrogens with zero attached hydrogens (tertiary/aromatic N) is 1. The molecule has 8 aromatic carbocycles. The van der Waals surface area contributed by atoms with Crippen molar-refractivity contribution in [2.75, 3.05) is 4.90 Å². The van der Waals surface area contributed by atoms with E-state index >= 15 is 0 Å². The van der Waals surface area contributed by atoms with E-state index < -0.39 is 0 Å². The van der Waals surface area contributed by atoms with Crippen molar-refractivity contribution in [2.24, 2.45) is 11.8 Å². The van der Waals surface area contributed by atoms with Crippen LogP contribution >= 0.6 is 0 Å². The van der Waals surface area contributed by atoms with E-state index in [0.29, 0.717) is 5.92 Å². The lowest BCUT2D eigenvalue weighted by Crippen LogP contribution is -2.32. The monoisotopic (exact) mass is 771 g/mol. The Morgan fingerprint density at radius 3 is 1.90 bits per heavy atom. The molecule has 3 atom stereocenters. The highest BCUT2D eigenvalue weighted by Gasteiger charge is 2.56. The van der Waals surface area contributed by atoms with Crippen molar-refractivity contribution in [3.63, 3.8) is 0 Å². The number of hydrogen-bond donors (Lipinski definition) is 0. The van der Waals surface area contributed by atoms with E-state index in [1.807, 2.05) is 0 Å². The van der Waals surface area contributed by atoms with Gasteiger partial charge in [-0.2, -0.15) is 0 Å². The molecule has 1 heterocycles. The van der Waals surface area contributed by atoms with Crippen LogP contribution in [0.3, 0.4) is 0 Å². The third kappa shape index (κ3) is 4.60. The van der Waals surface area contributed by atoms with Crippen LogP contribution in [0.4, 0.5) is 17.1 Å². The van der Waals surface area contributed by atoms with Crippen molar-refractivity contribution in [3.05, 3.63) is 198 Å². The quantitative estimate of drug-likeness (QED) is 0.173. The molecule has 1 aromatic heterocycles. The average Bonchev–Trinajstić information content (AvgIpc) is 4.11. The number of fused-ring (bicyclic) bond motifs is 14. The smallest absolute Gasteiger partial charge is 0.137 e. The molecule has 3 unspecified atom stereocenters. The van der Waals surface area contributed by atoms with Gasteiger partial charge in [0, 0.05) is 27.6 Å². The summed E-state index contributed by atoms with van der Waals surface area (Å²) >= 11 is 0. The summed E-state index contributed by atoms with van der Waals surface area (Å²) in [6, 6.07) is 65.8. The molecule has 13 rings (SSSR count). The van der Waals surface area contributed by atoms with Crippen molar-refractivity contribution in [1.82, 2.24) is 0 Å². The molecule has 0 radical (unpaired) electrons. The fourth-order valence-corrected chi connectivity index (χ4v) is 12.7. The van der Waals surface area contributed by atoms with Gasteiger partial charge in [0.05, 0.1) is 11.1 Å². The van der Waals surface area contributed by atoms with E-state index in [0.717, 1.165) is 39.2 Å². The lowest BCUT2D eigenvalue weighted by Gasteiger charge is -2.37. The molecule has 0 amide bonds. The van der Waals surface area contributed by atoms with Crippen molar-refractivity contribution >= 4 is 39.0 Å². The van der Waals surface area contributed by atoms with Crippen LogP contribution in [0, 0.1) is 11.8 Å². The summed E-state index contributed by atoms with van der Waals surface area (Å²) in [5.41, 5.74) is 21.7. The van der Waals surface area contributed by atoms with Crippen LogP contribution in [0.25, 0.3) is 66.4 Å². The van der Waals surface area contributed by atoms with Gasteiger partial charge in [0.15, 0.2) is 0 Å². The third-order valence-electron chi connectivity index (χ3n) is 15.1. The fraction of sp³-hybridized carbons (Fsp3) is 0.172. The van der Waals surface area contributed by atoms with Gasteiger partial charge in [0.25, 0.3) is 0 Å². The summed E-state index contributed by atoms with van der Waals surface area (Å²) < 4.78 is 6.51. The van der Waals surface area contributed by atoms with Crippen molar-refractivity contribution < 1.29 is 4.42 Å². The fourth-order valence-electron chi connectivity index (χ4n) is 12.7. The second-order valence-electron chi connectivity index (χ2n) is 18.4. The maximum Gasteiger partial charge on any atom is 0.137 e. The lowest BCUT2D eigenvalue weighted by molar-refractivity contribution is 0.327. The van der Waals surface area contributed by atoms with Crippen LogP contribution < -0.4 is 4.90 Å². The van der Waals surface area contributed by atoms with Crippen molar-refractivity contribution in [3.8, 4) is 44.5 Å². The summed E-state index contributed by atoms with van der Waals surface area (Å²) in [5.74, 6) is 1.51. The van der Waals surface area contributed by atoms with Crippen molar-refractivity contribution in [1.29, 1.82) is 0 Å². The summed E-state index contributed by atoms with van der Waals surface area (Å²) in [7, 11) is 0. The molecule has 2 bridgehead atoms. The van der Waals surface area contributed by atoms with Crippen LogP contribution in [-0.4, -0.2) is 0 Å². The standard InChI is InChI=1S/C58H45NO/c1-57(2)49-20-8-5-16-44(49)47-19-11-18-46(56(47)57)42-14-4-3-13-41(42)37-26-29-39(30-27-37)59(52-22-12-24-54-55(52)48-17-7-10-23-53(48)60-54)40-31-32-45-43-15-6-9-21-50(43)58(51(45)34-40)35-36-25-28-38(58)33-36/h3-24,26-27,29-32,34,36,38H,25,28,33,35H2,1-2H3.